The van der Waals surface area contributed by atoms with E-state index in [1.807, 2.05) is 21.9 Å². The normalized spacial score (nSPS) is 30.2. The Balaban J connectivity index is 1.36. The first-order valence-corrected chi connectivity index (χ1v) is 9.93. The van der Waals surface area contributed by atoms with E-state index in [1.54, 1.807) is 0 Å². The molecule has 146 valence electrons. The molecule has 1 aromatic rings. The number of carbonyl (C=O) groups is 2. The van der Waals surface area contributed by atoms with Gasteiger partial charge in [-0.05, 0) is 32.1 Å². The number of fused-ring (bicyclic) bond motifs is 2. The lowest BCUT2D eigenvalue weighted by atomic mass is 9.82. The number of rotatable bonds is 5. The van der Waals surface area contributed by atoms with E-state index in [9.17, 15) is 14.7 Å². The van der Waals surface area contributed by atoms with Crippen LogP contribution < -0.4 is 0 Å². The molecule has 1 saturated carbocycles. The van der Waals surface area contributed by atoms with Crippen LogP contribution >= 0.6 is 0 Å². The van der Waals surface area contributed by atoms with Crippen molar-refractivity contribution in [1.82, 2.24) is 19.6 Å². The first kappa shape index (κ1) is 18.2. The lowest BCUT2D eigenvalue weighted by Crippen LogP contribution is -2.52. The van der Waals surface area contributed by atoms with E-state index in [-0.39, 0.29) is 23.7 Å². The van der Waals surface area contributed by atoms with Crippen LogP contribution in [0.3, 0.4) is 0 Å². The quantitative estimate of drug-likeness (QED) is 0.790. The van der Waals surface area contributed by atoms with Crippen molar-refractivity contribution in [3.05, 3.63) is 29.6 Å². The van der Waals surface area contributed by atoms with Gasteiger partial charge in [0.15, 0.2) is 0 Å². The number of nitrogens with zero attached hydrogens (tertiary/aromatic N) is 4. The molecule has 1 aliphatic heterocycles. The predicted molar refractivity (Wildman–Crippen MR) is 99.8 cm³/mol. The average molecular weight is 372 g/mol. The third-order valence-electron chi connectivity index (χ3n) is 6.61. The molecule has 4 atom stereocenters. The number of amides is 1. The molecule has 3 aliphatic rings. The minimum atomic E-state index is -0.827. The van der Waals surface area contributed by atoms with Crippen molar-refractivity contribution < 1.29 is 14.7 Å². The van der Waals surface area contributed by atoms with Crippen molar-refractivity contribution in [3.63, 3.8) is 0 Å². The third kappa shape index (κ3) is 3.18. The highest BCUT2D eigenvalue weighted by atomic mass is 16.4. The maximum absolute atomic E-state index is 13.1. The van der Waals surface area contributed by atoms with Gasteiger partial charge in [0.1, 0.15) is 0 Å². The SMILES string of the molecule is CCn1ncc(CN2CCN(C(=O)C3C4C=CC(C4)C3C(=O)O)CC2)c1C. The van der Waals surface area contributed by atoms with E-state index in [2.05, 4.69) is 29.9 Å². The van der Waals surface area contributed by atoms with Crippen molar-refractivity contribution in [2.24, 2.45) is 23.7 Å². The number of hydrogen-bond donors (Lipinski definition) is 1. The number of carboxylic acids is 1. The summed E-state index contributed by atoms with van der Waals surface area (Å²) >= 11 is 0. The smallest absolute Gasteiger partial charge is 0.307 e. The highest BCUT2D eigenvalue weighted by Gasteiger charge is 2.52. The second-order valence-electron chi connectivity index (χ2n) is 8.01. The average Bonchev–Trinajstić information content (AvgIpc) is 3.37. The van der Waals surface area contributed by atoms with Gasteiger partial charge in [-0.15, -0.1) is 0 Å². The number of aliphatic carboxylic acids is 1. The van der Waals surface area contributed by atoms with E-state index in [1.165, 1.54) is 11.3 Å². The van der Waals surface area contributed by atoms with Crippen LogP contribution in [0.2, 0.25) is 0 Å². The molecule has 2 bridgehead atoms. The Morgan fingerprint density at radius 1 is 1.15 bits per heavy atom. The van der Waals surface area contributed by atoms with Gasteiger partial charge >= 0.3 is 5.97 Å². The summed E-state index contributed by atoms with van der Waals surface area (Å²) in [5, 5.41) is 14.0. The fraction of sp³-hybridized carbons (Fsp3) is 0.650. The predicted octanol–water partition coefficient (Wildman–Crippen LogP) is 1.38. The Bertz CT molecular complexity index is 763. The molecule has 2 fully saturated rings. The lowest BCUT2D eigenvalue weighted by Gasteiger charge is -2.37. The molecule has 2 heterocycles. The van der Waals surface area contributed by atoms with Gasteiger partial charge in [0.05, 0.1) is 18.0 Å². The van der Waals surface area contributed by atoms with Crippen molar-refractivity contribution in [2.45, 2.75) is 33.4 Å². The van der Waals surface area contributed by atoms with Crippen LogP contribution in [0.1, 0.15) is 24.6 Å². The molecule has 1 N–H and O–H groups in total. The summed E-state index contributed by atoms with van der Waals surface area (Å²) in [6.45, 7) is 8.88. The Morgan fingerprint density at radius 3 is 2.41 bits per heavy atom. The van der Waals surface area contributed by atoms with Gasteiger partial charge in [0.25, 0.3) is 0 Å². The molecule has 0 radical (unpaired) electrons. The van der Waals surface area contributed by atoms with Gasteiger partial charge in [-0.1, -0.05) is 12.2 Å². The topological polar surface area (TPSA) is 78.7 Å². The second kappa shape index (κ2) is 7.11. The van der Waals surface area contributed by atoms with Crippen LogP contribution in [0.5, 0.6) is 0 Å². The highest BCUT2D eigenvalue weighted by molar-refractivity contribution is 5.87. The number of carboxylic acid groups (broad SMARTS) is 1. The van der Waals surface area contributed by atoms with Crippen LogP contribution in [0.15, 0.2) is 18.3 Å². The minimum absolute atomic E-state index is 0.0285. The van der Waals surface area contributed by atoms with Gasteiger partial charge in [-0.25, -0.2) is 0 Å². The van der Waals surface area contributed by atoms with Gasteiger partial charge in [-0.2, -0.15) is 5.10 Å². The molecule has 1 aromatic heterocycles. The summed E-state index contributed by atoms with van der Waals surface area (Å²) in [5.41, 5.74) is 2.44. The first-order valence-electron chi connectivity index (χ1n) is 9.93. The lowest BCUT2D eigenvalue weighted by molar-refractivity contribution is -0.151. The van der Waals surface area contributed by atoms with Crippen molar-refractivity contribution >= 4 is 11.9 Å². The minimum Gasteiger partial charge on any atom is -0.481 e. The number of aromatic nitrogens is 2. The Kier molecular flexibility index (Phi) is 4.80. The summed E-state index contributed by atoms with van der Waals surface area (Å²) in [5.74, 6) is -1.59. The zero-order chi connectivity index (χ0) is 19.1. The highest BCUT2D eigenvalue weighted by Crippen LogP contribution is 2.48. The maximum atomic E-state index is 13.1. The summed E-state index contributed by atoms with van der Waals surface area (Å²) in [6, 6.07) is 0. The van der Waals surface area contributed by atoms with E-state index in [0.29, 0.717) is 13.1 Å². The summed E-state index contributed by atoms with van der Waals surface area (Å²) in [6.07, 6.45) is 6.80. The Morgan fingerprint density at radius 2 is 1.81 bits per heavy atom. The summed E-state index contributed by atoms with van der Waals surface area (Å²) < 4.78 is 2.00. The number of piperazine rings is 1. The molecule has 4 unspecified atom stereocenters. The second-order valence-corrected chi connectivity index (χ2v) is 8.01. The molecule has 2 aliphatic carbocycles. The summed E-state index contributed by atoms with van der Waals surface area (Å²) in [7, 11) is 0. The van der Waals surface area contributed by atoms with Gasteiger partial charge in [-0.3, -0.25) is 19.2 Å². The van der Waals surface area contributed by atoms with Crippen molar-refractivity contribution in [3.8, 4) is 0 Å². The number of hydrogen-bond acceptors (Lipinski definition) is 4. The molecule has 1 saturated heterocycles. The Hall–Kier alpha value is -2.15. The van der Waals surface area contributed by atoms with Crippen LogP contribution in [-0.2, 0) is 22.7 Å². The van der Waals surface area contributed by atoms with E-state index < -0.39 is 11.9 Å². The monoisotopic (exact) mass is 372 g/mol. The molecule has 27 heavy (non-hydrogen) atoms. The molecule has 7 nitrogen and oxygen atoms in total. The summed E-state index contributed by atoms with van der Waals surface area (Å²) in [4.78, 5) is 29.0. The molecular weight excluding hydrogens is 344 g/mol. The molecule has 0 aromatic carbocycles. The molecule has 4 rings (SSSR count). The van der Waals surface area contributed by atoms with Crippen LogP contribution in [0, 0.1) is 30.6 Å². The largest absolute Gasteiger partial charge is 0.481 e. The molecule has 7 heteroatoms. The molecular formula is C20H28N4O3. The van der Waals surface area contributed by atoms with E-state index >= 15 is 0 Å². The van der Waals surface area contributed by atoms with Gasteiger partial charge in [0.2, 0.25) is 5.91 Å². The Labute approximate surface area is 159 Å². The van der Waals surface area contributed by atoms with Crippen LogP contribution in [0.25, 0.3) is 0 Å². The number of aryl methyl sites for hydroxylation is 1. The molecule has 0 spiro atoms. The standard InChI is InChI=1S/C20H28N4O3/c1-3-24-13(2)16(11-21-24)12-22-6-8-23(9-7-22)19(25)17-14-4-5-15(10-14)18(17)20(26)27/h4-5,11,14-15,17-18H,3,6-10,12H2,1-2H3,(H,26,27). The maximum Gasteiger partial charge on any atom is 0.307 e. The van der Waals surface area contributed by atoms with E-state index in [0.717, 1.165) is 32.6 Å². The molecule has 1 amide bonds. The third-order valence-corrected chi connectivity index (χ3v) is 6.61. The number of allylic oxidation sites excluding steroid dienone is 2. The zero-order valence-electron chi connectivity index (χ0n) is 16.0. The van der Waals surface area contributed by atoms with Gasteiger partial charge < -0.3 is 10.0 Å². The van der Waals surface area contributed by atoms with Crippen molar-refractivity contribution in [2.75, 3.05) is 26.2 Å². The fourth-order valence-electron chi connectivity index (χ4n) is 5.03. The van der Waals surface area contributed by atoms with E-state index in [4.69, 9.17) is 0 Å². The van der Waals surface area contributed by atoms with Crippen molar-refractivity contribution in [1.29, 1.82) is 0 Å². The number of carbonyl (C=O) groups excluding carboxylic acids is 1. The van der Waals surface area contributed by atoms with Crippen LogP contribution in [0.4, 0.5) is 0 Å². The van der Waals surface area contributed by atoms with Crippen LogP contribution in [-0.4, -0.2) is 62.7 Å². The first-order chi connectivity index (χ1) is 13.0. The van der Waals surface area contributed by atoms with Gasteiger partial charge in [0, 0.05) is 50.5 Å². The fourth-order valence-corrected chi connectivity index (χ4v) is 5.03. The zero-order valence-corrected chi connectivity index (χ0v) is 16.0.